The van der Waals surface area contributed by atoms with Crippen molar-refractivity contribution in [2.45, 2.75) is 38.5 Å². The minimum absolute atomic E-state index is 0.0718. The van der Waals surface area contributed by atoms with Gasteiger partial charge >= 0.3 is 11.9 Å². The fourth-order valence-corrected chi connectivity index (χ4v) is 1.24. The molecule has 2 atom stereocenters. The van der Waals surface area contributed by atoms with Crippen molar-refractivity contribution in [3.8, 4) is 0 Å². The van der Waals surface area contributed by atoms with E-state index in [1.807, 2.05) is 0 Å². The van der Waals surface area contributed by atoms with E-state index in [-0.39, 0.29) is 18.4 Å². The molecule has 0 aliphatic heterocycles. The van der Waals surface area contributed by atoms with Gasteiger partial charge in [0.15, 0.2) is 5.66 Å². The molecule has 2 unspecified atom stereocenters. The molecular weight excluding hydrogens is 203 g/mol. The average molecular weight is 221 g/mol. The molecule has 0 fully saturated rings. The number of esters is 2. The Bertz CT molecular complexity index is 219. The van der Waals surface area contributed by atoms with Gasteiger partial charge in [0.2, 0.25) is 0 Å². The molecule has 0 aromatic heterocycles. The highest BCUT2D eigenvalue weighted by Gasteiger charge is 2.25. The normalized spacial score (nSPS) is 13.4. The average Bonchev–Trinajstić information content (AvgIpc) is 1.99. The van der Waals surface area contributed by atoms with Crippen LogP contribution in [0, 0.1) is 0 Å². The van der Waals surface area contributed by atoms with Gasteiger partial charge in [-0.15, -0.1) is 0 Å². The molecule has 0 heterocycles. The van der Waals surface area contributed by atoms with Crippen LogP contribution >= 0.6 is 9.24 Å². The maximum absolute atomic E-state index is 11.3. The molecule has 5 heteroatoms. The van der Waals surface area contributed by atoms with E-state index >= 15 is 0 Å². The molecule has 0 N–H and O–H groups in total. The van der Waals surface area contributed by atoms with Gasteiger partial charge in [-0.05, 0) is 30.0 Å². The van der Waals surface area contributed by atoms with Crippen LogP contribution in [-0.2, 0) is 19.1 Å². The van der Waals surface area contributed by atoms with E-state index in [0.29, 0.717) is 0 Å². The maximum atomic E-state index is 11.3. The number of ether oxygens (including phenoxy) is 2. The molecular formula is C9H18O4P+. The van der Waals surface area contributed by atoms with Gasteiger partial charge in [-0.1, -0.05) is 0 Å². The second kappa shape index (κ2) is 5.30. The number of rotatable bonds is 3. The van der Waals surface area contributed by atoms with E-state index in [1.165, 1.54) is 16.3 Å². The highest BCUT2D eigenvalue weighted by atomic mass is 31.0. The predicted octanol–water partition coefficient (Wildman–Crippen LogP) is 0.867. The van der Waals surface area contributed by atoms with Crippen LogP contribution in [0.15, 0.2) is 0 Å². The Morgan fingerprint density at radius 2 is 1.86 bits per heavy atom. The Labute approximate surface area is 86.5 Å². The molecule has 0 rings (SSSR count). The lowest BCUT2D eigenvalue weighted by molar-refractivity contribution is -0.157. The highest BCUT2D eigenvalue weighted by molar-refractivity contribution is 7.19. The predicted molar refractivity (Wildman–Crippen MR) is 57.4 cm³/mol. The van der Waals surface area contributed by atoms with Crippen LogP contribution in [0.5, 0.6) is 0 Å². The first kappa shape index (κ1) is 13.4. The van der Waals surface area contributed by atoms with Crippen LogP contribution in [0.4, 0.5) is 0 Å². The zero-order chi connectivity index (χ0) is 11.4. The van der Waals surface area contributed by atoms with Crippen molar-refractivity contribution in [3.63, 3.8) is 0 Å². The van der Waals surface area contributed by atoms with Gasteiger partial charge in [-0.3, -0.25) is 4.79 Å². The molecule has 0 spiro atoms. The van der Waals surface area contributed by atoms with Crippen LogP contribution < -0.4 is 0 Å². The van der Waals surface area contributed by atoms with Crippen molar-refractivity contribution in [2.24, 2.45) is 0 Å². The van der Waals surface area contributed by atoms with Crippen molar-refractivity contribution in [2.75, 3.05) is 7.11 Å². The van der Waals surface area contributed by atoms with Crippen LogP contribution in [0.1, 0.15) is 27.2 Å². The summed E-state index contributed by atoms with van der Waals surface area (Å²) >= 11 is 0. The third-order valence-electron chi connectivity index (χ3n) is 1.37. The van der Waals surface area contributed by atoms with E-state index in [2.05, 4.69) is 4.74 Å². The molecule has 14 heavy (non-hydrogen) atoms. The van der Waals surface area contributed by atoms with Crippen molar-refractivity contribution in [1.82, 2.24) is 0 Å². The van der Waals surface area contributed by atoms with Gasteiger partial charge in [0.1, 0.15) is 5.60 Å². The summed E-state index contributed by atoms with van der Waals surface area (Å²) in [6.45, 7) is 5.36. The van der Waals surface area contributed by atoms with Crippen molar-refractivity contribution >= 4 is 21.2 Å². The van der Waals surface area contributed by atoms with Gasteiger partial charge in [-0.2, -0.15) is 0 Å². The first-order valence-corrected chi connectivity index (χ1v) is 5.20. The summed E-state index contributed by atoms with van der Waals surface area (Å²) < 4.78 is 9.56. The molecule has 82 valence electrons. The summed E-state index contributed by atoms with van der Waals surface area (Å²) in [5.41, 5.74) is -0.925. The van der Waals surface area contributed by atoms with Crippen molar-refractivity contribution in [3.05, 3.63) is 0 Å². The lowest BCUT2D eigenvalue weighted by Crippen LogP contribution is -2.27. The Hall–Kier alpha value is -0.630. The Balaban J connectivity index is 4.01. The molecule has 0 aliphatic rings. The van der Waals surface area contributed by atoms with Crippen molar-refractivity contribution in [1.29, 1.82) is 0 Å². The summed E-state index contributed by atoms with van der Waals surface area (Å²) in [7, 11) is 2.73. The van der Waals surface area contributed by atoms with Crippen LogP contribution in [0.2, 0.25) is 0 Å². The second-order valence-electron chi connectivity index (χ2n) is 4.01. The van der Waals surface area contributed by atoms with Gasteiger partial charge in [0.25, 0.3) is 0 Å². The van der Waals surface area contributed by atoms with E-state index in [1.54, 1.807) is 20.8 Å². The lowest BCUT2D eigenvalue weighted by Gasteiger charge is -2.19. The molecule has 0 bridgehead atoms. The third kappa shape index (κ3) is 5.92. The number of carbonyl (C=O) groups is 2. The molecule has 0 aromatic rings. The first-order chi connectivity index (χ1) is 6.26. The van der Waals surface area contributed by atoms with E-state index in [9.17, 15) is 9.59 Å². The number of methoxy groups -OCH3 is 1. The quantitative estimate of drug-likeness (QED) is 0.524. The lowest BCUT2D eigenvalue weighted by atomic mass is 10.2. The molecule has 0 aliphatic carbocycles. The largest absolute Gasteiger partial charge is 0.466 e. The second-order valence-corrected chi connectivity index (χ2v) is 5.00. The monoisotopic (exact) mass is 221 g/mol. The smallest absolute Gasteiger partial charge is 0.346 e. The summed E-state index contributed by atoms with van der Waals surface area (Å²) in [6.07, 6.45) is 0.0718. The Kier molecular flexibility index (Phi) is 5.06. The van der Waals surface area contributed by atoms with Crippen LogP contribution in [-0.4, -0.2) is 30.3 Å². The summed E-state index contributed by atoms with van der Waals surface area (Å²) in [5.74, 6) is -0.753. The van der Waals surface area contributed by atoms with Gasteiger partial charge in [0, 0.05) is 0 Å². The number of hydrogen-bond acceptors (Lipinski definition) is 4. The molecule has 4 nitrogen and oxygen atoms in total. The van der Waals surface area contributed by atoms with Crippen molar-refractivity contribution < 1.29 is 19.1 Å². The molecule has 0 saturated carbocycles. The molecule has 0 saturated heterocycles. The van der Waals surface area contributed by atoms with Gasteiger partial charge in [-0.25, -0.2) is 4.79 Å². The van der Waals surface area contributed by atoms with E-state index in [0.717, 1.165) is 0 Å². The minimum Gasteiger partial charge on any atom is -0.466 e. The molecule has 0 aromatic carbocycles. The van der Waals surface area contributed by atoms with Crippen LogP contribution in [0.25, 0.3) is 0 Å². The highest BCUT2D eigenvalue weighted by Crippen LogP contribution is 2.13. The number of carbonyl (C=O) groups excluding carboxylic acids is 2. The SMILES string of the molecule is COC(=O)C([PH3+])CC(=O)OC(C)(C)C. The van der Waals surface area contributed by atoms with Crippen LogP contribution in [0.3, 0.4) is 0 Å². The fraction of sp³-hybridized carbons (Fsp3) is 0.778. The topological polar surface area (TPSA) is 52.6 Å². The first-order valence-electron chi connectivity index (χ1n) is 4.39. The minimum atomic E-state index is -0.504. The fourth-order valence-electron chi connectivity index (χ4n) is 0.834. The van der Waals surface area contributed by atoms with E-state index in [4.69, 9.17) is 4.74 Å². The number of hydrogen-bond donors (Lipinski definition) is 0. The van der Waals surface area contributed by atoms with Gasteiger partial charge < -0.3 is 9.47 Å². The third-order valence-corrected chi connectivity index (χ3v) is 1.99. The van der Waals surface area contributed by atoms with Gasteiger partial charge in [0.05, 0.1) is 13.5 Å². The molecule has 0 radical (unpaired) electrons. The zero-order valence-corrected chi connectivity index (χ0v) is 10.5. The van der Waals surface area contributed by atoms with E-state index < -0.39 is 11.3 Å². The summed E-state index contributed by atoms with van der Waals surface area (Å²) in [5, 5.41) is 0. The maximum Gasteiger partial charge on any atom is 0.346 e. The Morgan fingerprint density at radius 1 is 1.36 bits per heavy atom. The zero-order valence-electron chi connectivity index (χ0n) is 9.12. The standard InChI is InChI=1S/C9H17O4P/c1-9(2,3)13-7(10)5-6(14)8(11)12-4/h6H,5,14H2,1-4H3/p+1. The Morgan fingerprint density at radius 3 is 2.21 bits per heavy atom. The molecule has 0 amide bonds. The summed E-state index contributed by atoms with van der Waals surface area (Å²) in [6, 6.07) is 0. The summed E-state index contributed by atoms with van der Waals surface area (Å²) in [4.78, 5) is 22.3.